The standard InChI is InChI=1S/C13H9F3N2O2/c1-20-12(19)11-9(8-4-6-17-7-5-8)2-3-10(18-11)13(14,15)16/h2-7H,1H3. The Labute approximate surface area is 112 Å². The molecule has 0 N–H and O–H groups in total. The molecule has 7 heteroatoms. The van der Waals surface area contributed by atoms with Gasteiger partial charge in [-0.2, -0.15) is 13.2 Å². The molecule has 20 heavy (non-hydrogen) atoms. The van der Waals surface area contributed by atoms with E-state index >= 15 is 0 Å². The summed E-state index contributed by atoms with van der Waals surface area (Å²) in [5, 5.41) is 0. The summed E-state index contributed by atoms with van der Waals surface area (Å²) >= 11 is 0. The highest BCUT2D eigenvalue weighted by Crippen LogP contribution is 2.31. The second-order valence-electron chi connectivity index (χ2n) is 3.82. The van der Waals surface area contributed by atoms with Crippen LogP contribution < -0.4 is 0 Å². The number of hydrogen-bond donors (Lipinski definition) is 0. The van der Waals surface area contributed by atoms with E-state index in [1.807, 2.05) is 0 Å². The fourth-order valence-corrected chi connectivity index (χ4v) is 1.63. The highest BCUT2D eigenvalue weighted by atomic mass is 19.4. The van der Waals surface area contributed by atoms with Crippen LogP contribution >= 0.6 is 0 Å². The minimum atomic E-state index is -4.63. The van der Waals surface area contributed by atoms with Crippen LogP contribution in [0.5, 0.6) is 0 Å². The number of carbonyl (C=O) groups excluding carboxylic acids is 1. The largest absolute Gasteiger partial charge is 0.464 e. The van der Waals surface area contributed by atoms with E-state index in [1.54, 1.807) is 12.1 Å². The summed E-state index contributed by atoms with van der Waals surface area (Å²) in [5.41, 5.74) is -0.738. The summed E-state index contributed by atoms with van der Waals surface area (Å²) in [7, 11) is 1.08. The molecule has 0 aliphatic rings. The predicted octanol–water partition coefficient (Wildman–Crippen LogP) is 2.95. The van der Waals surface area contributed by atoms with Gasteiger partial charge in [-0.25, -0.2) is 9.78 Å². The Morgan fingerprint density at radius 3 is 2.35 bits per heavy atom. The number of alkyl halides is 3. The molecule has 0 radical (unpaired) electrons. The predicted molar refractivity (Wildman–Crippen MR) is 63.8 cm³/mol. The Kier molecular flexibility index (Phi) is 3.69. The van der Waals surface area contributed by atoms with Crippen LogP contribution in [0.2, 0.25) is 0 Å². The molecule has 104 valence electrons. The summed E-state index contributed by atoms with van der Waals surface area (Å²) in [6, 6.07) is 5.15. The van der Waals surface area contributed by atoms with Crippen LogP contribution in [0.15, 0.2) is 36.7 Å². The number of aromatic nitrogens is 2. The Balaban J connectivity index is 2.61. The van der Waals surface area contributed by atoms with E-state index in [0.29, 0.717) is 5.56 Å². The number of methoxy groups -OCH3 is 1. The average molecular weight is 282 g/mol. The van der Waals surface area contributed by atoms with Crippen LogP contribution in [0.4, 0.5) is 13.2 Å². The lowest BCUT2D eigenvalue weighted by Gasteiger charge is -2.11. The van der Waals surface area contributed by atoms with Crippen LogP contribution in [0.3, 0.4) is 0 Å². The quantitative estimate of drug-likeness (QED) is 0.795. The van der Waals surface area contributed by atoms with Gasteiger partial charge in [0.25, 0.3) is 0 Å². The number of pyridine rings is 2. The fourth-order valence-electron chi connectivity index (χ4n) is 1.63. The average Bonchev–Trinajstić information content (AvgIpc) is 2.45. The third kappa shape index (κ3) is 2.76. The van der Waals surface area contributed by atoms with Crippen molar-refractivity contribution in [1.29, 1.82) is 0 Å². The first kappa shape index (κ1) is 14.0. The molecule has 0 saturated heterocycles. The van der Waals surface area contributed by atoms with Crippen molar-refractivity contribution in [2.45, 2.75) is 6.18 Å². The van der Waals surface area contributed by atoms with Crippen molar-refractivity contribution in [3.8, 4) is 11.1 Å². The van der Waals surface area contributed by atoms with E-state index < -0.39 is 17.8 Å². The maximum Gasteiger partial charge on any atom is 0.433 e. The number of hydrogen-bond acceptors (Lipinski definition) is 4. The lowest BCUT2D eigenvalue weighted by atomic mass is 10.0. The summed E-state index contributed by atoms with van der Waals surface area (Å²) in [5.74, 6) is -0.928. The van der Waals surface area contributed by atoms with E-state index in [9.17, 15) is 18.0 Å². The van der Waals surface area contributed by atoms with Gasteiger partial charge in [0.15, 0.2) is 5.69 Å². The van der Waals surface area contributed by atoms with Crippen molar-refractivity contribution in [1.82, 2.24) is 9.97 Å². The molecule has 0 atom stereocenters. The number of esters is 1. The molecule has 2 rings (SSSR count). The van der Waals surface area contributed by atoms with Gasteiger partial charge in [-0.1, -0.05) is 0 Å². The molecule has 0 bridgehead atoms. The zero-order chi connectivity index (χ0) is 14.8. The summed E-state index contributed by atoms with van der Waals surface area (Å²) in [4.78, 5) is 18.8. The van der Waals surface area contributed by atoms with Crippen molar-refractivity contribution >= 4 is 5.97 Å². The second kappa shape index (κ2) is 5.28. The fraction of sp³-hybridized carbons (Fsp3) is 0.154. The molecule has 0 saturated carbocycles. The first-order chi connectivity index (χ1) is 9.43. The lowest BCUT2D eigenvalue weighted by molar-refractivity contribution is -0.141. The molecule has 2 aromatic heterocycles. The number of carbonyl (C=O) groups is 1. The van der Waals surface area contributed by atoms with Gasteiger partial charge in [-0.3, -0.25) is 4.98 Å². The van der Waals surface area contributed by atoms with Gasteiger partial charge >= 0.3 is 12.1 Å². The van der Waals surface area contributed by atoms with Crippen LogP contribution in [0.1, 0.15) is 16.2 Å². The number of rotatable bonds is 2. The molecular weight excluding hydrogens is 273 g/mol. The molecule has 0 aliphatic heterocycles. The third-order valence-electron chi connectivity index (χ3n) is 2.56. The van der Waals surface area contributed by atoms with Crippen molar-refractivity contribution in [3.63, 3.8) is 0 Å². The van der Waals surface area contributed by atoms with Crippen LogP contribution in [0.25, 0.3) is 11.1 Å². The van der Waals surface area contributed by atoms with Gasteiger partial charge in [-0.15, -0.1) is 0 Å². The number of nitrogens with zero attached hydrogens (tertiary/aromatic N) is 2. The Hall–Kier alpha value is -2.44. The van der Waals surface area contributed by atoms with Crippen molar-refractivity contribution < 1.29 is 22.7 Å². The van der Waals surface area contributed by atoms with Gasteiger partial charge in [-0.05, 0) is 29.8 Å². The van der Waals surface area contributed by atoms with Gasteiger partial charge < -0.3 is 4.74 Å². The van der Waals surface area contributed by atoms with E-state index in [2.05, 4.69) is 14.7 Å². The van der Waals surface area contributed by atoms with E-state index in [0.717, 1.165) is 13.2 Å². The zero-order valence-electron chi connectivity index (χ0n) is 10.3. The van der Waals surface area contributed by atoms with E-state index in [4.69, 9.17) is 0 Å². The second-order valence-corrected chi connectivity index (χ2v) is 3.82. The molecule has 2 aromatic rings. The highest BCUT2D eigenvalue weighted by molar-refractivity contribution is 5.95. The van der Waals surface area contributed by atoms with Gasteiger partial charge in [0.1, 0.15) is 5.69 Å². The maximum absolute atomic E-state index is 12.6. The zero-order valence-corrected chi connectivity index (χ0v) is 10.3. The first-order valence-corrected chi connectivity index (χ1v) is 5.50. The monoisotopic (exact) mass is 282 g/mol. The van der Waals surface area contributed by atoms with Crippen LogP contribution in [-0.2, 0) is 10.9 Å². The topological polar surface area (TPSA) is 52.1 Å². The molecule has 4 nitrogen and oxygen atoms in total. The minimum Gasteiger partial charge on any atom is -0.464 e. The minimum absolute atomic E-state index is 0.257. The molecule has 2 heterocycles. The van der Waals surface area contributed by atoms with Gasteiger partial charge in [0, 0.05) is 18.0 Å². The Morgan fingerprint density at radius 2 is 1.80 bits per heavy atom. The summed E-state index contributed by atoms with van der Waals surface area (Å²) in [6.07, 6.45) is -1.69. The van der Waals surface area contributed by atoms with Crippen molar-refractivity contribution in [2.24, 2.45) is 0 Å². The van der Waals surface area contributed by atoms with Crippen LogP contribution in [0, 0.1) is 0 Å². The van der Waals surface area contributed by atoms with Crippen molar-refractivity contribution in [2.75, 3.05) is 7.11 Å². The molecule has 0 amide bonds. The van der Waals surface area contributed by atoms with Crippen LogP contribution in [-0.4, -0.2) is 23.0 Å². The molecular formula is C13H9F3N2O2. The Morgan fingerprint density at radius 1 is 1.15 bits per heavy atom. The highest BCUT2D eigenvalue weighted by Gasteiger charge is 2.34. The number of ether oxygens (including phenoxy) is 1. The van der Waals surface area contributed by atoms with Gasteiger partial charge in [0.2, 0.25) is 0 Å². The number of halogens is 3. The van der Waals surface area contributed by atoms with Crippen molar-refractivity contribution in [3.05, 3.63) is 48.0 Å². The first-order valence-electron chi connectivity index (χ1n) is 5.50. The van der Waals surface area contributed by atoms with E-state index in [-0.39, 0.29) is 11.3 Å². The van der Waals surface area contributed by atoms with Gasteiger partial charge in [0.05, 0.1) is 7.11 Å². The molecule has 0 fully saturated rings. The molecule has 0 spiro atoms. The smallest absolute Gasteiger partial charge is 0.433 e. The molecule has 0 aliphatic carbocycles. The SMILES string of the molecule is COC(=O)c1nc(C(F)(F)F)ccc1-c1ccncc1. The molecule has 0 aromatic carbocycles. The maximum atomic E-state index is 12.6. The molecule has 0 unspecified atom stereocenters. The third-order valence-corrected chi connectivity index (χ3v) is 2.56. The Bertz CT molecular complexity index is 627. The normalized spacial score (nSPS) is 11.2. The lowest BCUT2D eigenvalue weighted by Crippen LogP contribution is -2.14. The summed E-state index contributed by atoms with van der Waals surface area (Å²) < 4.78 is 42.4. The summed E-state index contributed by atoms with van der Waals surface area (Å²) in [6.45, 7) is 0. The van der Waals surface area contributed by atoms with E-state index in [1.165, 1.54) is 18.5 Å².